The second-order valence-electron chi connectivity index (χ2n) is 4.53. The molecule has 0 atom stereocenters. The second-order valence-corrected chi connectivity index (χ2v) is 6.51. The summed E-state index contributed by atoms with van der Waals surface area (Å²) in [5.74, 6) is 1.58. The third kappa shape index (κ3) is 2.40. The average Bonchev–Trinajstić information content (AvgIpc) is 2.92. The quantitative estimate of drug-likeness (QED) is 0.862. The average molecular weight is 307 g/mol. The molecule has 0 unspecified atom stereocenters. The standard InChI is InChI=1S/C14H13NO5S/c1-18-10-7-12-11(19-8-20-12)6-9(10)14-13(21(2,16)17)4-3-5-15-14/h3-7H,8H2,1-2H3. The van der Waals surface area contributed by atoms with E-state index >= 15 is 0 Å². The number of pyridine rings is 1. The molecule has 6 nitrogen and oxygen atoms in total. The van der Waals surface area contributed by atoms with Gasteiger partial charge in [0.2, 0.25) is 6.79 Å². The molecule has 0 radical (unpaired) electrons. The first-order valence-electron chi connectivity index (χ1n) is 6.14. The van der Waals surface area contributed by atoms with Gasteiger partial charge in [-0.05, 0) is 18.2 Å². The molecule has 2 heterocycles. The fourth-order valence-corrected chi connectivity index (χ4v) is 3.01. The molecule has 1 aromatic heterocycles. The van der Waals surface area contributed by atoms with Gasteiger partial charge in [-0.3, -0.25) is 4.98 Å². The predicted molar refractivity (Wildman–Crippen MR) is 75.5 cm³/mol. The summed E-state index contributed by atoms with van der Waals surface area (Å²) in [6.45, 7) is 0.128. The first-order valence-corrected chi connectivity index (χ1v) is 8.03. The molecule has 0 amide bonds. The van der Waals surface area contributed by atoms with Crippen LogP contribution in [0.3, 0.4) is 0 Å². The van der Waals surface area contributed by atoms with Crippen molar-refractivity contribution in [3.63, 3.8) is 0 Å². The summed E-state index contributed by atoms with van der Waals surface area (Å²) in [6, 6.07) is 6.44. The summed E-state index contributed by atoms with van der Waals surface area (Å²) >= 11 is 0. The molecule has 21 heavy (non-hydrogen) atoms. The molecule has 110 valence electrons. The van der Waals surface area contributed by atoms with Crippen LogP contribution >= 0.6 is 0 Å². The van der Waals surface area contributed by atoms with Crippen LogP contribution in [-0.4, -0.2) is 33.6 Å². The van der Waals surface area contributed by atoms with Crippen LogP contribution in [0.25, 0.3) is 11.3 Å². The van der Waals surface area contributed by atoms with Gasteiger partial charge in [-0.1, -0.05) is 0 Å². The summed E-state index contributed by atoms with van der Waals surface area (Å²) in [7, 11) is -1.91. The summed E-state index contributed by atoms with van der Waals surface area (Å²) in [4.78, 5) is 4.33. The molecular formula is C14H13NO5S. The molecule has 1 aliphatic rings. The zero-order valence-corrected chi connectivity index (χ0v) is 12.3. The van der Waals surface area contributed by atoms with Gasteiger partial charge in [-0.25, -0.2) is 8.42 Å². The number of fused-ring (bicyclic) bond motifs is 1. The number of sulfone groups is 1. The highest BCUT2D eigenvalue weighted by molar-refractivity contribution is 7.90. The molecule has 1 aliphatic heterocycles. The Labute approximate surface area is 122 Å². The van der Waals surface area contributed by atoms with Crippen molar-refractivity contribution >= 4 is 9.84 Å². The number of hydrogen-bond acceptors (Lipinski definition) is 6. The van der Waals surface area contributed by atoms with Crippen molar-refractivity contribution in [2.24, 2.45) is 0 Å². The highest BCUT2D eigenvalue weighted by atomic mass is 32.2. The minimum Gasteiger partial charge on any atom is -0.496 e. The van der Waals surface area contributed by atoms with E-state index in [9.17, 15) is 8.42 Å². The minimum atomic E-state index is -3.41. The summed E-state index contributed by atoms with van der Waals surface area (Å²) in [5, 5.41) is 0. The van der Waals surface area contributed by atoms with Crippen LogP contribution in [0.4, 0.5) is 0 Å². The molecular weight excluding hydrogens is 294 g/mol. The van der Waals surface area contributed by atoms with Crippen molar-refractivity contribution in [2.45, 2.75) is 4.90 Å². The Hall–Kier alpha value is -2.28. The van der Waals surface area contributed by atoms with Crippen molar-refractivity contribution in [3.8, 4) is 28.5 Å². The van der Waals surface area contributed by atoms with Gasteiger partial charge in [0.1, 0.15) is 5.75 Å². The lowest BCUT2D eigenvalue weighted by Gasteiger charge is -2.12. The van der Waals surface area contributed by atoms with E-state index in [1.54, 1.807) is 18.2 Å². The van der Waals surface area contributed by atoms with Crippen LogP contribution < -0.4 is 14.2 Å². The van der Waals surface area contributed by atoms with Crippen molar-refractivity contribution < 1.29 is 22.6 Å². The van der Waals surface area contributed by atoms with Gasteiger partial charge in [0.25, 0.3) is 0 Å². The van der Waals surface area contributed by atoms with Gasteiger partial charge in [-0.15, -0.1) is 0 Å². The monoisotopic (exact) mass is 307 g/mol. The lowest BCUT2D eigenvalue weighted by atomic mass is 10.1. The topological polar surface area (TPSA) is 74.7 Å². The van der Waals surface area contributed by atoms with Gasteiger partial charge in [-0.2, -0.15) is 0 Å². The molecule has 2 aromatic rings. The maximum absolute atomic E-state index is 11.9. The first-order chi connectivity index (χ1) is 10.0. The summed E-state index contributed by atoms with van der Waals surface area (Å²) in [5.41, 5.74) is 0.873. The maximum atomic E-state index is 11.9. The molecule has 0 saturated heterocycles. The summed E-state index contributed by atoms with van der Waals surface area (Å²) in [6.07, 6.45) is 2.68. The Bertz CT molecular complexity index is 801. The zero-order valence-electron chi connectivity index (χ0n) is 11.5. The highest BCUT2D eigenvalue weighted by Crippen LogP contribution is 2.43. The minimum absolute atomic E-state index is 0.128. The number of benzene rings is 1. The Morgan fingerprint density at radius 1 is 1.24 bits per heavy atom. The van der Waals surface area contributed by atoms with Gasteiger partial charge >= 0.3 is 0 Å². The number of rotatable bonds is 3. The van der Waals surface area contributed by atoms with Gasteiger partial charge < -0.3 is 14.2 Å². The van der Waals surface area contributed by atoms with E-state index in [0.29, 0.717) is 28.5 Å². The molecule has 0 fully saturated rings. The number of aromatic nitrogens is 1. The summed E-state index contributed by atoms with van der Waals surface area (Å²) < 4.78 is 39.8. The smallest absolute Gasteiger partial charge is 0.231 e. The molecule has 0 bridgehead atoms. The third-order valence-electron chi connectivity index (χ3n) is 3.12. The molecule has 0 N–H and O–H groups in total. The number of nitrogens with zero attached hydrogens (tertiary/aromatic N) is 1. The lowest BCUT2D eigenvalue weighted by molar-refractivity contribution is 0.174. The van der Waals surface area contributed by atoms with Crippen molar-refractivity contribution in [2.75, 3.05) is 20.2 Å². The van der Waals surface area contributed by atoms with Crippen LogP contribution in [0, 0.1) is 0 Å². The Morgan fingerprint density at radius 2 is 1.95 bits per heavy atom. The van der Waals surface area contributed by atoms with E-state index in [0.717, 1.165) is 6.26 Å². The van der Waals surface area contributed by atoms with Gasteiger partial charge in [0.05, 0.1) is 17.7 Å². The molecule has 0 aliphatic carbocycles. The van der Waals surface area contributed by atoms with E-state index in [4.69, 9.17) is 14.2 Å². The fraction of sp³-hybridized carbons (Fsp3) is 0.214. The fourth-order valence-electron chi connectivity index (χ4n) is 2.17. The van der Waals surface area contributed by atoms with E-state index < -0.39 is 9.84 Å². The Balaban J connectivity index is 2.27. The normalized spacial score (nSPS) is 13.2. The van der Waals surface area contributed by atoms with Crippen LogP contribution in [0.5, 0.6) is 17.2 Å². The van der Waals surface area contributed by atoms with E-state index in [1.807, 2.05) is 0 Å². The molecule has 0 spiro atoms. The van der Waals surface area contributed by atoms with E-state index in [-0.39, 0.29) is 11.7 Å². The third-order valence-corrected chi connectivity index (χ3v) is 4.25. The highest BCUT2D eigenvalue weighted by Gasteiger charge is 2.23. The number of methoxy groups -OCH3 is 1. The van der Waals surface area contributed by atoms with Crippen molar-refractivity contribution in [3.05, 3.63) is 30.5 Å². The second kappa shape index (κ2) is 4.92. The van der Waals surface area contributed by atoms with E-state index in [1.165, 1.54) is 19.4 Å². The largest absolute Gasteiger partial charge is 0.496 e. The van der Waals surface area contributed by atoms with E-state index in [2.05, 4.69) is 4.98 Å². The van der Waals surface area contributed by atoms with Crippen LogP contribution in [0.2, 0.25) is 0 Å². The molecule has 3 rings (SSSR count). The van der Waals surface area contributed by atoms with Crippen LogP contribution in [0.15, 0.2) is 35.4 Å². The lowest BCUT2D eigenvalue weighted by Crippen LogP contribution is -2.02. The van der Waals surface area contributed by atoms with Crippen LogP contribution in [0.1, 0.15) is 0 Å². The SMILES string of the molecule is COc1cc2c(cc1-c1ncccc1S(C)(=O)=O)OCO2. The van der Waals surface area contributed by atoms with Crippen LogP contribution in [-0.2, 0) is 9.84 Å². The Morgan fingerprint density at radius 3 is 2.62 bits per heavy atom. The van der Waals surface area contributed by atoms with Gasteiger partial charge in [0.15, 0.2) is 21.3 Å². The zero-order chi connectivity index (χ0) is 15.0. The number of ether oxygens (including phenoxy) is 3. The first kappa shape index (κ1) is 13.7. The van der Waals surface area contributed by atoms with Crippen molar-refractivity contribution in [1.29, 1.82) is 0 Å². The predicted octanol–water partition coefficient (Wildman–Crippen LogP) is 1.89. The Kier molecular flexibility index (Phi) is 3.21. The molecule has 1 aromatic carbocycles. The maximum Gasteiger partial charge on any atom is 0.231 e. The van der Waals surface area contributed by atoms with Gasteiger partial charge in [0, 0.05) is 24.1 Å². The van der Waals surface area contributed by atoms with Crippen molar-refractivity contribution in [1.82, 2.24) is 4.98 Å². The molecule has 7 heteroatoms. The molecule has 0 saturated carbocycles. The number of hydrogen-bond donors (Lipinski definition) is 0.